The highest BCUT2D eigenvalue weighted by Gasteiger charge is 2.15. The fourth-order valence-corrected chi connectivity index (χ4v) is 3.32. The average Bonchev–Trinajstić information content (AvgIpc) is 2.38. The lowest BCUT2D eigenvalue weighted by molar-refractivity contribution is 0.325. The summed E-state index contributed by atoms with van der Waals surface area (Å²) in [5, 5.41) is 2.90. The first-order chi connectivity index (χ1) is 9.24. The molecule has 3 heteroatoms. The van der Waals surface area contributed by atoms with Gasteiger partial charge in [-0.1, -0.05) is 55.3 Å². The molecule has 1 aliphatic carbocycles. The van der Waals surface area contributed by atoms with E-state index in [-0.39, 0.29) is 0 Å². The van der Waals surface area contributed by atoms with Crippen molar-refractivity contribution in [2.45, 2.75) is 32.6 Å². The second kappa shape index (κ2) is 7.86. The SMILES string of the molecule is CC1CCCC(/C=C/SCOc2cccc(Cl)c2)C1. The molecule has 2 rings (SSSR count). The van der Waals surface area contributed by atoms with E-state index >= 15 is 0 Å². The third kappa shape index (κ3) is 5.50. The van der Waals surface area contributed by atoms with E-state index in [1.807, 2.05) is 24.3 Å². The summed E-state index contributed by atoms with van der Waals surface area (Å²) in [6, 6.07) is 7.53. The van der Waals surface area contributed by atoms with E-state index < -0.39 is 0 Å². The molecule has 0 radical (unpaired) electrons. The van der Waals surface area contributed by atoms with Gasteiger partial charge in [0.15, 0.2) is 0 Å². The van der Waals surface area contributed by atoms with E-state index in [0.29, 0.717) is 11.0 Å². The minimum absolute atomic E-state index is 0.638. The van der Waals surface area contributed by atoms with Crippen LogP contribution in [-0.2, 0) is 0 Å². The third-order valence-electron chi connectivity index (χ3n) is 3.51. The number of hydrogen-bond donors (Lipinski definition) is 0. The second-order valence-electron chi connectivity index (χ2n) is 5.25. The van der Waals surface area contributed by atoms with Gasteiger partial charge in [-0.3, -0.25) is 0 Å². The highest BCUT2D eigenvalue weighted by atomic mass is 35.5. The number of allylic oxidation sites excluding steroid dienone is 1. The zero-order valence-corrected chi connectivity index (χ0v) is 12.9. The van der Waals surface area contributed by atoms with Crippen LogP contribution in [-0.4, -0.2) is 5.94 Å². The zero-order valence-electron chi connectivity index (χ0n) is 11.3. The Morgan fingerprint density at radius 3 is 3.11 bits per heavy atom. The van der Waals surface area contributed by atoms with Crippen molar-refractivity contribution >= 4 is 23.4 Å². The minimum atomic E-state index is 0.638. The summed E-state index contributed by atoms with van der Waals surface area (Å²) < 4.78 is 5.62. The summed E-state index contributed by atoms with van der Waals surface area (Å²) in [6.07, 6.45) is 7.81. The summed E-state index contributed by atoms with van der Waals surface area (Å²) in [5.41, 5.74) is 0. The van der Waals surface area contributed by atoms with Gasteiger partial charge in [-0.2, -0.15) is 0 Å². The summed E-state index contributed by atoms with van der Waals surface area (Å²) >= 11 is 7.60. The molecule has 104 valence electrons. The van der Waals surface area contributed by atoms with Crippen molar-refractivity contribution < 1.29 is 4.74 Å². The fourth-order valence-electron chi connectivity index (χ4n) is 2.52. The number of hydrogen-bond acceptors (Lipinski definition) is 2. The third-order valence-corrected chi connectivity index (χ3v) is 4.35. The predicted octanol–water partition coefficient (Wildman–Crippen LogP) is 5.75. The molecule has 0 saturated heterocycles. The van der Waals surface area contributed by atoms with Gasteiger partial charge in [0.05, 0.1) is 0 Å². The van der Waals surface area contributed by atoms with Crippen LogP contribution in [0.5, 0.6) is 5.75 Å². The molecule has 19 heavy (non-hydrogen) atoms. The van der Waals surface area contributed by atoms with Crippen LogP contribution >= 0.6 is 23.4 Å². The van der Waals surface area contributed by atoms with Crippen molar-refractivity contribution in [1.82, 2.24) is 0 Å². The smallest absolute Gasteiger partial charge is 0.138 e. The molecule has 0 aliphatic heterocycles. The lowest BCUT2D eigenvalue weighted by atomic mass is 9.83. The Hall–Kier alpha value is -0.600. The van der Waals surface area contributed by atoms with Gasteiger partial charge in [0.1, 0.15) is 11.7 Å². The van der Waals surface area contributed by atoms with Crippen molar-refractivity contribution in [3.63, 3.8) is 0 Å². The van der Waals surface area contributed by atoms with Gasteiger partial charge in [0.2, 0.25) is 0 Å². The topological polar surface area (TPSA) is 9.23 Å². The van der Waals surface area contributed by atoms with Gasteiger partial charge in [-0.25, -0.2) is 0 Å². The maximum atomic E-state index is 5.90. The standard InChI is InChI=1S/C16H21ClOS/c1-13-4-2-5-14(10-13)8-9-19-12-18-16-7-3-6-15(17)11-16/h3,6-9,11,13-14H,2,4-5,10,12H2,1H3/b9-8+. The monoisotopic (exact) mass is 296 g/mol. The quantitative estimate of drug-likeness (QED) is 0.505. The Bertz CT molecular complexity index is 419. The highest BCUT2D eigenvalue weighted by molar-refractivity contribution is 8.02. The van der Waals surface area contributed by atoms with Gasteiger partial charge in [0, 0.05) is 5.02 Å². The molecule has 1 aromatic carbocycles. The van der Waals surface area contributed by atoms with E-state index in [1.165, 1.54) is 25.7 Å². The van der Waals surface area contributed by atoms with Crippen LogP contribution in [0.3, 0.4) is 0 Å². The first-order valence-corrected chi connectivity index (χ1v) is 8.33. The Balaban J connectivity index is 1.66. The lowest BCUT2D eigenvalue weighted by Gasteiger charge is -2.23. The summed E-state index contributed by atoms with van der Waals surface area (Å²) in [6.45, 7) is 2.36. The Morgan fingerprint density at radius 1 is 1.42 bits per heavy atom. The molecule has 1 fully saturated rings. The molecule has 0 aromatic heterocycles. The summed E-state index contributed by atoms with van der Waals surface area (Å²) in [7, 11) is 0. The number of rotatable bonds is 5. The fraction of sp³-hybridized carbons (Fsp3) is 0.500. The molecule has 0 spiro atoms. The molecular weight excluding hydrogens is 276 g/mol. The van der Waals surface area contributed by atoms with E-state index in [0.717, 1.165) is 17.6 Å². The number of halogens is 1. The van der Waals surface area contributed by atoms with Crippen LogP contribution in [0.25, 0.3) is 0 Å². The molecule has 1 nitrogen and oxygen atoms in total. The molecule has 1 saturated carbocycles. The molecule has 1 aliphatic rings. The Kier molecular flexibility index (Phi) is 6.12. The lowest BCUT2D eigenvalue weighted by Crippen LogP contribution is -2.10. The first-order valence-electron chi connectivity index (χ1n) is 6.90. The Morgan fingerprint density at radius 2 is 2.32 bits per heavy atom. The van der Waals surface area contributed by atoms with Gasteiger partial charge in [-0.15, -0.1) is 0 Å². The molecule has 1 aromatic rings. The van der Waals surface area contributed by atoms with Crippen molar-refractivity contribution in [3.8, 4) is 5.75 Å². The van der Waals surface area contributed by atoms with Crippen LogP contribution in [0, 0.1) is 11.8 Å². The average molecular weight is 297 g/mol. The van der Waals surface area contributed by atoms with Crippen LogP contribution in [0.15, 0.2) is 35.7 Å². The van der Waals surface area contributed by atoms with Crippen LogP contribution < -0.4 is 4.74 Å². The van der Waals surface area contributed by atoms with E-state index in [4.69, 9.17) is 16.3 Å². The summed E-state index contributed by atoms with van der Waals surface area (Å²) in [5.74, 6) is 3.12. The van der Waals surface area contributed by atoms with Crippen molar-refractivity contribution in [2.24, 2.45) is 11.8 Å². The summed E-state index contributed by atoms with van der Waals surface area (Å²) in [4.78, 5) is 0. The largest absolute Gasteiger partial charge is 0.483 e. The Labute approximate surface area is 125 Å². The molecule has 0 bridgehead atoms. The van der Waals surface area contributed by atoms with Crippen molar-refractivity contribution in [2.75, 3.05) is 5.94 Å². The zero-order chi connectivity index (χ0) is 13.5. The maximum absolute atomic E-state index is 5.90. The molecule has 2 unspecified atom stereocenters. The molecule has 0 N–H and O–H groups in total. The maximum Gasteiger partial charge on any atom is 0.138 e. The van der Waals surface area contributed by atoms with Gasteiger partial charge >= 0.3 is 0 Å². The second-order valence-corrected chi connectivity index (χ2v) is 6.52. The van der Waals surface area contributed by atoms with Crippen LogP contribution in [0.1, 0.15) is 32.6 Å². The van der Waals surface area contributed by atoms with E-state index in [2.05, 4.69) is 18.4 Å². The van der Waals surface area contributed by atoms with E-state index in [9.17, 15) is 0 Å². The van der Waals surface area contributed by atoms with Gasteiger partial charge in [-0.05, 0) is 48.3 Å². The number of ether oxygens (including phenoxy) is 1. The molecule has 0 amide bonds. The number of benzene rings is 1. The normalized spacial score (nSPS) is 23.7. The van der Waals surface area contributed by atoms with Gasteiger partial charge < -0.3 is 4.74 Å². The first kappa shape index (κ1) is 14.8. The van der Waals surface area contributed by atoms with E-state index in [1.54, 1.807) is 11.8 Å². The number of thioether (sulfide) groups is 1. The van der Waals surface area contributed by atoms with Crippen molar-refractivity contribution in [3.05, 3.63) is 40.8 Å². The molecule has 2 atom stereocenters. The van der Waals surface area contributed by atoms with Crippen LogP contribution in [0.2, 0.25) is 5.02 Å². The highest BCUT2D eigenvalue weighted by Crippen LogP contribution is 2.29. The van der Waals surface area contributed by atoms with Crippen LogP contribution in [0.4, 0.5) is 0 Å². The minimum Gasteiger partial charge on any atom is -0.483 e. The molecule has 0 heterocycles. The van der Waals surface area contributed by atoms with Gasteiger partial charge in [0.25, 0.3) is 0 Å². The molecular formula is C16H21ClOS. The van der Waals surface area contributed by atoms with Crippen molar-refractivity contribution in [1.29, 1.82) is 0 Å². The predicted molar refractivity (Wildman–Crippen MR) is 84.8 cm³/mol.